The third-order valence-corrected chi connectivity index (χ3v) is 8.30. The highest BCUT2D eigenvalue weighted by Crippen LogP contribution is 2.44. The van der Waals surface area contributed by atoms with Gasteiger partial charge in [0.25, 0.3) is 5.91 Å². The molecule has 0 saturated carbocycles. The molecule has 9 heteroatoms. The highest BCUT2D eigenvalue weighted by molar-refractivity contribution is 7.99. The molecule has 3 aromatic carbocycles. The maximum absolute atomic E-state index is 11.0. The van der Waals surface area contributed by atoms with Crippen LogP contribution in [0.3, 0.4) is 0 Å². The zero-order valence-corrected chi connectivity index (χ0v) is 23.7. The monoisotopic (exact) mass is 548 g/mol. The van der Waals surface area contributed by atoms with Gasteiger partial charge in [-0.2, -0.15) is 0 Å². The van der Waals surface area contributed by atoms with Crippen molar-refractivity contribution in [1.82, 2.24) is 0 Å². The molecule has 1 atom stereocenters. The lowest BCUT2D eigenvalue weighted by Gasteiger charge is -2.38. The molecule has 1 aliphatic rings. The van der Waals surface area contributed by atoms with Crippen molar-refractivity contribution in [1.29, 1.82) is 5.41 Å². The molecule has 0 aromatic heterocycles. The van der Waals surface area contributed by atoms with Crippen molar-refractivity contribution in [2.24, 2.45) is 11.5 Å². The van der Waals surface area contributed by atoms with Crippen molar-refractivity contribution in [3.05, 3.63) is 70.8 Å². The molecule has 3 aromatic rings. The summed E-state index contributed by atoms with van der Waals surface area (Å²) in [5.74, 6) is 1.95. The third kappa shape index (κ3) is 6.25. The van der Waals surface area contributed by atoms with Crippen molar-refractivity contribution in [2.75, 3.05) is 17.3 Å². The second kappa shape index (κ2) is 11.5. The summed E-state index contributed by atoms with van der Waals surface area (Å²) in [5.41, 5.74) is 16.1. The number of phenols is 1. The van der Waals surface area contributed by atoms with Gasteiger partial charge in [0.1, 0.15) is 22.8 Å². The van der Waals surface area contributed by atoms with Crippen molar-refractivity contribution in [3.63, 3.8) is 0 Å². The minimum atomic E-state index is -0.564. The highest BCUT2D eigenvalue weighted by atomic mass is 32.2. The molecule has 1 amide bonds. The van der Waals surface area contributed by atoms with E-state index in [0.29, 0.717) is 17.2 Å². The number of rotatable bonds is 9. The number of thioether (sulfide) groups is 1. The summed E-state index contributed by atoms with van der Waals surface area (Å²) in [6.07, 6.45) is 2.67. The van der Waals surface area contributed by atoms with E-state index in [1.54, 1.807) is 34.9 Å². The van der Waals surface area contributed by atoms with Gasteiger partial charge in [-0.25, -0.2) is 0 Å². The van der Waals surface area contributed by atoms with Crippen LogP contribution in [0.4, 0.5) is 11.4 Å². The topological polar surface area (TPSA) is 135 Å². The molecule has 1 heterocycles. The molecule has 39 heavy (non-hydrogen) atoms. The Morgan fingerprint density at radius 3 is 2.49 bits per heavy atom. The lowest BCUT2D eigenvalue weighted by atomic mass is 9.86. The van der Waals surface area contributed by atoms with E-state index in [9.17, 15) is 9.90 Å². The fourth-order valence-electron chi connectivity index (χ4n) is 4.84. The van der Waals surface area contributed by atoms with Gasteiger partial charge in [-0.05, 0) is 100 Å². The van der Waals surface area contributed by atoms with E-state index in [4.69, 9.17) is 26.4 Å². The molecule has 1 aliphatic heterocycles. The van der Waals surface area contributed by atoms with E-state index < -0.39 is 5.91 Å². The number of benzene rings is 3. The van der Waals surface area contributed by atoms with Gasteiger partial charge in [0.2, 0.25) is 0 Å². The van der Waals surface area contributed by atoms with Crippen LogP contribution in [-0.4, -0.2) is 34.9 Å². The van der Waals surface area contributed by atoms with Gasteiger partial charge in [0.15, 0.2) is 12.6 Å². The van der Waals surface area contributed by atoms with Crippen molar-refractivity contribution in [3.8, 4) is 17.2 Å². The second-order valence-electron chi connectivity index (χ2n) is 10.1. The Morgan fingerprint density at radius 1 is 1.10 bits per heavy atom. The number of carbonyl (C=O) groups excluding carboxylic acids is 1. The minimum Gasteiger partial charge on any atom is -0.507 e. The Kier molecular flexibility index (Phi) is 8.30. The van der Waals surface area contributed by atoms with Crippen molar-refractivity contribution >= 4 is 35.0 Å². The molecule has 4 rings (SSSR count). The fourth-order valence-corrected chi connectivity index (χ4v) is 5.94. The van der Waals surface area contributed by atoms with Crippen LogP contribution < -0.4 is 25.8 Å². The molecule has 8 nitrogen and oxygen atoms in total. The van der Waals surface area contributed by atoms with Crippen LogP contribution in [-0.2, 0) is 11.2 Å². The molecule has 0 spiro atoms. The van der Waals surface area contributed by atoms with Crippen LogP contribution in [0, 0.1) is 26.2 Å². The largest absolute Gasteiger partial charge is 0.507 e. The first kappa shape index (κ1) is 28.2. The smallest absolute Gasteiger partial charge is 0.255 e. The first-order valence-electron chi connectivity index (χ1n) is 12.9. The molecule has 1 unspecified atom stereocenters. The maximum Gasteiger partial charge on any atom is 0.255 e. The Bertz CT molecular complexity index is 1390. The Hall–Kier alpha value is -3.85. The van der Waals surface area contributed by atoms with Crippen LogP contribution in [0.25, 0.3) is 0 Å². The number of ether oxygens (including phenoxy) is 2. The number of primary amides is 1. The van der Waals surface area contributed by atoms with Gasteiger partial charge in [-0.3, -0.25) is 15.1 Å². The fraction of sp³-hybridized carbons (Fsp3) is 0.333. The highest BCUT2D eigenvalue weighted by Gasteiger charge is 2.34. The molecule has 0 fully saturated rings. The van der Waals surface area contributed by atoms with Gasteiger partial charge in [-0.15, -0.1) is 11.8 Å². The van der Waals surface area contributed by atoms with Crippen LogP contribution in [0.15, 0.2) is 53.4 Å². The number of nitrogens with zero attached hydrogens (tertiary/aromatic N) is 1. The van der Waals surface area contributed by atoms with Gasteiger partial charge in [0, 0.05) is 28.0 Å². The number of fused-ring (bicyclic) bond motifs is 1. The first-order chi connectivity index (χ1) is 18.5. The number of nitrogens with one attached hydrogen (secondary N) is 1. The average Bonchev–Trinajstić information content (AvgIpc) is 2.90. The second-order valence-corrected chi connectivity index (χ2v) is 11.3. The number of carbonyl (C=O) groups is 1. The minimum absolute atomic E-state index is 0.140. The third-order valence-electron chi connectivity index (χ3n) is 7.28. The van der Waals surface area contributed by atoms with Crippen LogP contribution in [0.2, 0.25) is 0 Å². The molecule has 206 valence electrons. The van der Waals surface area contributed by atoms with Crippen molar-refractivity contribution < 1.29 is 19.4 Å². The quantitative estimate of drug-likeness (QED) is 0.158. The van der Waals surface area contributed by atoms with E-state index in [1.807, 2.05) is 51.1 Å². The zero-order valence-electron chi connectivity index (χ0n) is 22.8. The predicted molar refractivity (Wildman–Crippen MR) is 157 cm³/mol. The molecule has 0 aliphatic carbocycles. The zero-order chi connectivity index (χ0) is 28.3. The normalized spacial score (nSPS) is 16.2. The lowest BCUT2D eigenvalue weighted by molar-refractivity contribution is -0.119. The van der Waals surface area contributed by atoms with Gasteiger partial charge in [0.05, 0.1) is 5.69 Å². The molecular formula is C30H36N4O4S. The summed E-state index contributed by atoms with van der Waals surface area (Å²) in [6.45, 7) is 7.86. The number of hydrogen-bond donors (Lipinski definition) is 4. The first-order valence-corrected chi connectivity index (χ1v) is 13.9. The Labute approximate surface area is 233 Å². The maximum atomic E-state index is 11.0. The number of nitrogens with two attached hydrogens (primary N) is 2. The summed E-state index contributed by atoms with van der Waals surface area (Å²) in [6, 6.07) is 14.9. The summed E-state index contributed by atoms with van der Waals surface area (Å²) in [7, 11) is 0. The number of anilines is 2. The average molecular weight is 549 g/mol. The number of guanidine groups is 1. The van der Waals surface area contributed by atoms with Gasteiger partial charge in [-0.1, -0.05) is 6.07 Å². The van der Waals surface area contributed by atoms with E-state index in [-0.39, 0.29) is 18.2 Å². The number of hydrogen-bond acceptors (Lipinski definition) is 6. The van der Waals surface area contributed by atoms with E-state index in [2.05, 4.69) is 6.92 Å². The SMILES string of the molecule is Cc1c(C)c2c(c(C)c1O)CCC(C)(CCSc1ccc(N(C(=N)N)c3cccc(OCC(N)=O)c3)cc1)O2. The summed E-state index contributed by atoms with van der Waals surface area (Å²) in [5, 5.41) is 18.6. The standard InChI is InChI=1S/C30H36N4O4S/c1-18-19(2)28-25(20(3)27(18)36)12-13-30(4,38-28)14-15-39-24-10-8-21(9-11-24)34(29(32)33)22-6-5-7-23(16-22)37-17-26(31)35/h5-11,16,36H,12-15,17H2,1-4H3,(H2,31,35)(H3,32,33). The molecule has 0 radical (unpaired) electrons. The molecule has 0 bridgehead atoms. The van der Waals surface area contributed by atoms with Crippen LogP contribution >= 0.6 is 11.8 Å². The van der Waals surface area contributed by atoms with E-state index in [0.717, 1.165) is 63.6 Å². The number of aromatic hydroxyl groups is 1. The molecule has 6 N–H and O–H groups in total. The van der Waals surface area contributed by atoms with Gasteiger partial charge < -0.3 is 26.0 Å². The van der Waals surface area contributed by atoms with Crippen LogP contribution in [0.5, 0.6) is 17.2 Å². The van der Waals surface area contributed by atoms with Gasteiger partial charge >= 0.3 is 0 Å². The summed E-state index contributed by atoms with van der Waals surface area (Å²) < 4.78 is 12.0. The molecule has 0 saturated heterocycles. The van der Waals surface area contributed by atoms with E-state index >= 15 is 0 Å². The predicted octanol–water partition coefficient (Wildman–Crippen LogP) is 5.48. The Morgan fingerprint density at radius 2 is 1.82 bits per heavy atom. The summed E-state index contributed by atoms with van der Waals surface area (Å²) in [4.78, 5) is 13.8. The molecular weight excluding hydrogens is 512 g/mol. The number of phenolic OH excluding ortho intramolecular Hbond substituents is 1. The van der Waals surface area contributed by atoms with E-state index in [1.165, 1.54) is 0 Å². The van der Waals surface area contributed by atoms with Crippen molar-refractivity contribution in [2.45, 2.75) is 57.5 Å². The lowest BCUT2D eigenvalue weighted by Crippen LogP contribution is -2.37. The summed E-state index contributed by atoms with van der Waals surface area (Å²) >= 11 is 1.76. The van der Waals surface area contributed by atoms with Crippen LogP contribution in [0.1, 0.15) is 42.0 Å². The Balaban J connectivity index is 1.41. The number of amides is 1.